The van der Waals surface area contributed by atoms with Gasteiger partial charge in [-0.15, -0.1) is 0 Å². The fourth-order valence-corrected chi connectivity index (χ4v) is 4.53. The smallest absolute Gasteiger partial charge is 0.144 e. The summed E-state index contributed by atoms with van der Waals surface area (Å²) in [5.74, 6) is -3.18. The van der Waals surface area contributed by atoms with Crippen LogP contribution in [0.5, 0.6) is 0 Å². The fourth-order valence-electron chi connectivity index (χ4n) is 4.53. The molecule has 3 rings (SSSR count). The summed E-state index contributed by atoms with van der Waals surface area (Å²) in [6.45, 7) is 0.582. The lowest BCUT2D eigenvalue weighted by atomic mass is 9.65. The first-order valence-corrected chi connectivity index (χ1v) is 10.2. The van der Waals surface area contributed by atoms with Gasteiger partial charge in [0.25, 0.3) is 0 Å². The molecule has 6 nitrogen and oxygen atoms in total. The van der Waals surface area contributed by atoms with E-state index in [0.717, 1.165) is 5.69 Å². The molecule has 2 aliphatic carbocycles. The van der Waals surface area contributed by atoms with Gasteiger partial charge in [0.15, 0.2) is 0 Å². The van der Waals surface area contributed by atoms with Gasteiger partial charge in [0.2, 0.25) is 0 Å². The first-order chi connectivity index (χ1) is 13.9. The highest BCUT2D eigenvalue weighted by Gasteiger charge is 2.47. The lowest BCUT2D eigenvalue weighted by Crippen LogP contribution is -2.43. The molecule has 0 N–H and O–H groups in total. The van der Waals surface area contributed by atoms with Crippen LogP contribution in [0.15, 0.2) is 24.3 Å². The van der Waals surface area contributed by atoms with Crippen LogP contribution >= 0.6 is 0 Å². The molecule has 1 aromatic carbocycles. The highest BCUT2D eigenvalue weighted by molar-refractivity contribution is 6.10. The number of hydrogen-bond donors (Lipinski definition) is 0. The van der Waals surface area contributed by atoms with Crippen molar-refractivity contribution in [2.45, 2.75) is 50.9 Å². The van der Waals surface area contributed by atoms with Crippen molar-refractivity contribution >= 4 is 28.8 Å². The standard InChI is InChI=1S/C23H26N2O4/c1-25(14-4-13-24)16-11-9-15(10-12-16)21(22-17(26)5-2-6-18(22)27)23-19(28)7-3-8-20(23)29/h9-12,21-23H,2-8,14H2,1H3. The van der Waals surface area contributed by atoms with E-state index >= 15 is 0 Å². The predicted molar refractivity (Wildman–Crippen MR) is 107 cm³/mol. The van der Waals surface area contributed by atoms with E-state index in [0.29, 0.717) is 57.1 Å². The van der Waals surface area contributed by atoms with Crippen molar-refractivity contribution in [3.05, 3.63) is 29.8 Å². The Hall–Kier alpha value is -2.81. The van der Waals surface area contributed by atoms with Gasteiger partial charge in [-0.05, 0) is 30.5 Å². The number of hydrogen-bond acceptors (Lipinski definition) is 6. The first kappa shape index (κ1) is 20.9. The summed E-state index contributed by atoms with van der Waals surface area (Å²) in [6.07, 6.45) is 2.74. The maximum Gasteiger partial charge on any atom is 0.144 e. The third-order valence-corrected chi connectivity index (χ3v) is 6.08. The van der Waals surface area contributed by atoms with Gasteiger partial charge >= 0.3 is 0 Å². The second-order valence-electron chi connectivity index (χ2n) is 7.97. The second kappa shape index (κ2) is 9.13. The van der Waals surface area contributed by atoms with Crippen LogP contribution in [0.2, 0.25) is 0 Å². The molecular weight excluding hydrogens is 368 g/mol. The van der Waals surface area contributed by atoms with Crippen molar-refractivity contribution in [3.8, 4) is 6.07 Å². The summed E-state index contributed by atoms with van der Waals surface area (Å²) < 4.78 is 0. The molecule has 0 radical (unpaired) electrons. The van der Waals surface area contributed by atoms with Crippen molar-refractivity contribution in [3.63, 3.8) is 0 Å². The number of carbonyl (C=O) groups is 4. The molecule has 0 heterocycles. The minimum Gasteiger partial charge on any atom is -0.374 e. The average molecular weight is 394 g/mol. The van der Waals surface area contributed by atoms with Crippen LogP contribution in [0.1, 0.15) is 56.4 Å². The molecule has 0 saturated heterocycles. The molecule has 1 aromatic rings. The molecule has 29 heavy (non-hydrogen) atoms. The molecule has 2 saturated carbocycles. The maximum atomic E-state index is 12.7. The highest BCUT2D eigenvalue weighted by Crippen LogP contribution is 2.41. The van der Waals surface area contributed by atoms with E-state index < -0.39 is 17.8 Å². The summed E-state index contributed by atoms with van der Waals surface area (Å²) in [5.41, 5.74) is 1.58. The Bertz CT molecular complexity index is 783. The largest absolute Gasteiger partial charge is 0.374 e. The minimum atomic E-state index is -0.915. The third-order valence-electron chi connectivity index (χ3n) is 6.08. The number of anilines is 1. The van der Waals surface area contributed by atoms with Crippen LogP contribution in [0.3, 0.4) is 0 Å². The monoisotopic (exact) mass is 394 g/mol. The van der Waals surface area contributed by atoms with Crippen molar-refractivity contribution in [2.75, 3.05) is 18.5 Å². The molecular formula is C23H26N2O4. The van der Waals surface area contributed by atoms with Crippen LogP contribution in [0.4, 0.5) is 5.69 Å². The summed E-state index contributed by atoms with van der Waals surface area (Å²) in [6, 6.07) is 9.45. The van der Waals surface area contributed by atoms with Crippen molar-refractivity contribution in [2.24, 2.45) is 11.8 Å². The van der Waals surface area contributed by atoms with Crippen LogP contribution in [0.25, 0.3) is 0 Å². The van der Waals surface area contributed by atoms with Gasteiger partial charge < -0.3 is 4.90 Å². The molecule has 0 aliphatic heterocycles. The number of benzene rings is 1. The topological polar surface area (TPSA) is 95.3 Å². The van der Waals surface area contributed by atoms with E-state index in [1.165, 1.54) is 0 Å². The lowest BCUT2D eigenvalue weighted by Gasteiger charge is -2.35. The zero-order valence-electron chi connectivity index (χ0n) is 16.7. The van der Waals surface area contributed by atoms with E-state index in [1.807, 2.05) is 36.2 Å². The van der Waals surface area contributed by atoms with Gasteiger partial charge in [-0.25, -0.2) is 0 Å². The molecule has 0 amide bonds. The molecule has 0 bridgehead atoms. The molecule has 2 aliphatic rings. The zero-order chi connectivity index (χ0) is 21.0. The summed E-state index contributed by atoms with van der Waals surface area (Å²) >= 11 is 0. The molecule has 0 aromatic heterocycles. The number of nitrogens with zero attached hydrogens (tertiary/aromatic N) is 2. The van der Waals surface area contributed by atoms with Gasteiger partial charge in [0, 0.05) is 50.9 Å². The highest BCUT2D eigenvalue weighted by atomic mass is 16.2. The van der Waals surface area contributed by atoms with Gasteiger partial charge in [-0.3, -0.25) is 19.2 Å². The number of Topliss-reactive ketones (excluding diaryl/α,β-unsaturated/α-hetero) is 4. The number of carbonyl (C=O) groups excluding carboxylic acids is 4. The Morgan fingerprint density at radius 1 is 0.897 bits per heavy atom. The van der Waals surface area contributed by atoms with Gasteiger partial charge in [-0.2, -0.15) is 5.26 Å². The predicted octanol–water partition coefficient (Wildman–Crippen LogP) is 3.00. The van der Waals surface area contributed by atoms with E-state index in [-0.39, 0.29) is 23.1 Å². The van der Waals surface area contributed by atoms with Crippen LogP contribution < -0.4 is 4.90 Å². The SMILES string of the molecule is CN(CCC#N)c1ccc(C(C2C(=O)CCCC2=O)C2C(=O)CCCC2=O)cc1. The van der Waals surface area contributed by atoms with Crippen molar-refractivity contribution in [1.82, 2.24) is 0 Å². The van der Waals surface area contributed by atoms with Gasteiger partial charge in [0.1, 0.15) is 23.1 Å². The van der Waals surface area contributed by atoms with Gasteiger partial charge in [-0.1, -0.05) is 12.1 Å². The Balaban J connectivity index is 1.98. The molecule has 0 unspecified atom stereocenters. The number of nitriles is 1. The third kappa shape index (κ3) is 4.45. The zero-order valence-corrected chi connectivity index (χ0v) is 16.7. The maximum absolute atomic E-state index is 12.7. The molecule has 6 heteroatoms. The summed E-state index contributed by atoms with van der Waals surface area (Å²) in [5, 5.41) is 8.76. The van der Waals surface area contributed by atoms with Crippen LogP contribution in [0, 0.1) is 23.2 Å². The van der Waals surface area contributed by atoms with E-state index in [4.69, 9.17) is 5.26 Å². The average Bonchev–Trinajstić information content (AvgIpc) is 2.70. The lowest BCUT2D eigenvalue weighted by molar-refractivity contribution is -0.141. The van der Waals surface area contributed by atoms with Crippen LogP contribution in [-0.2, 0) is 19.2 Å². The van der Waals surface area contributed by atoms with E-state index in [2.05, 4.69) is 6.07 Å². The Labute approximate surface area is 170 Å². The van der Waals surface area contributed by atoms with Gasteiger partial charge in [0.05, 0.1) is 24.3 Å². The number of ketones is 4. The minimum absolute atomic E-state index is 0.160. The molecule has 0 spiro atoms. The Morgan fingerprint density at radius 3 is 1.76 bits per heavy atom. The van der Waals surface area contributed by atoms with Crippen molar-refractivity contribution < 1.29 is 19.2 Å². The number of rotatable bonds is 6. The van der Waals surface area contributed by atoms with E-state index in [9.17, 15) is 19.2 Å². The first-order valence-electron chi connectivity index (χ1n) is 10.2. The molecule has 2 fully saturated rings. The van der Waals surface area contributed by atoms with E-state index in [1.54, 1.807) is 0 Å². The normalized spacial score (nSPS) is 18.9. The molecule has 0 atom stereocenters. The molecule has 152 valence electrons. The summed E-state index contributed by atoms with van der Waals surface area (Å²) in [7, 11) is 1.88. The van der Waals surface area contributed by atoms with Crippen molar-refractivity contribution in [1.29, 1.82) is 5.26 Å². The van der Waals surface area contributed by atoms with Crippen LogP contribution in [-0.4, -0.2) is 36.7 Å². The second-order valence-corrected chi connectivity index (χ2v) is 7.97. The Kier molecular flexibility index (Phi) is 6.58. The fraction of sp³-hybridized carbons (Fsp3) is 0.522. The Morgan fingerprint density at radius 2 is 1.34 bits per heavy atom. The quantitative estimate of drug-likeness (QED) is 0.688. The summed E-state index contributed by atoms with van der Waals surface area (Å²) in [4.78, 5) is 52.7.